The van der Waals surface area contributed by atoms with Crippen molar-refractivity contribution in [2.24, 2.45) is 5.92 Å². The maximum Gasteiger partial charge on any atom is 0.223 e. The maximum atomic E-state index is 12.7. The van der Waals surface area contributed by atoms with Gasteiger partial charge in [0.15, 0.2) is 0 Å². The van der Waals surface area contributed by atoms with E-state index in [-0.39, 0.29) is 11.7 Å². The number of hydrogen-bond acceptors (Lipinski definition) is 2. The molecule has 0 heterocycles. The number of benzene rings is 1. The number of nitrogens with zero attached hydrogens (tertiary/aromatic N) is 1. The van der Waals surface area contributed by atoms with E-state index in [1.807, 2.05) is 0 Å². The van der Waals surface area contributed by atoms with E-state index in [0.29, 0.717) is 31.2 Å². The van der Waals surface area contributed by atoms with Gasteiger partial charge in [0.05, 0.1) is 6.54 Å². The number of hydrogen-bond donors (Lipinski definition) is 0. The lowest BCUT2D eigenvalue weighted by molar-refractivity contribution is -0.130. The smallest absolute Gasteiger partial charge is 0.223 e. The summed E-state index contributed by atoms with van der Waals surface area (Å²) in [6.07, 6.45) is 6.99. The average Bonchev–Trinajstić information content (AvgIpc) is 2.93. The van der Waals surface area contributed by atoms with Gasteiger partial charge in [0.1, 0.15) is 18.2 Å². The van der Waals surface area contributed by atoms with Gasteiger partial charge in [-0.2, -0.15) is 0 Å². The van der Waals surface area contributed by atoms with Crippen molar-refractivity contribution in [1.29, 1.82) is 0 Å². The molecule has 0 radical (unpaired) electrons. The molecule has 0 N–H and O–H groups in total. The number of likely N-dealkylation sites (N-methyl/N-ethyl adjacent to an activating group) is 1. The van der Waals surface area contributed by atoms with Gasteiger partial charge in [-0.3, -0.25) is 4.79 Å². The molecule has 1 amide bonds. The highest BCUT2D eigenvalue weighted by molar-refractivity contribution is 5.76. The number of amides is 1. The molecule has 1 aliphatic rings. The predicted octanol–water partition coefficient (Wildman–Crippen LogP) is 3.02. The second-order valence-corrected chi connectivity index (χ2v) is 5.09. The molecule has 108 valence electrons. The predicted molar refractivity (Wildman–Crippen MR) is 76.0 cm³/mol. The Balaban J connectivity index is 1.68. The monoisotopic (exact) mass is 277 g/mol. The van der Waals surface area contributed by atoms with Crippen molar-refractivity contribution < 1.29 is 13.9 Å². The first kappa shape index (κ1) is 14.6. The molecule has 0 aromatic heterocycles. The lowest BCUT2D eigenvalue weighted by Crippen LogP contribution is -2.31. The molecule has 1 aromatic rings. The largest absolute Gasteiger partial charge is 0.492 e. The lowest BCUT2D eigenvalue weighted by atomic mass is 10.0. The fourth-order valence-electron chi connectivity index (χ4n) is 2.20. The minimum absolute atomic E-state index is 0.143. The van der Waals surface area contributed by atoms with Crippen molar-refractivity contribution >= 4 is 5.91 Å². The number of carbonyl (C=O) groups is 1. The van der Waals surface area contributed by atoms with Crippen molar-refractivity contribution in [2.45, 2.75) is 19.3 Å². The summed E-state index contributed by atoms with van der Waals surface area (Å²) in [6.45, 7) is 0.945. The van der Waals surface area contributed by atoms with E-state index in [9.17, 15) is 9.18 Å². The van der Waals surface area contributed by atoms with Gasteiger partial charge in [0.25, 0.3) is 0 Å². The highest BCUT2D eigenvalue weighted by Gasteiger charge is 2.16. The van der Waals surface area contributed by atoms with Gasteiger partial charge in [0, 0.05) is 13.5 Å². The van der Waals surface area contributed by atoms with Gasteiger partial charge in [-0.15, -0.1) is 0 Å². The van der Waals surface area contributed by atoms with Crippen molar-refractivity contribution in [3.8, 4) is 5.75 Å². The Morgan fingerprint density at radius 2 is 2.15 bits per heavy atom. The van der Waals surface area contributed by atoms with E-state index in [0.717, 1.165) is 12.8 Å². The van der Waals surface area contributed by atoms with E-state index in [1.54, 1.807) is 24.1 Å². The third-order valence-electron chi connectivity index (χ3n) is 3.48. The first-order valence-electron chi connectivity index (χ1n) is 6.94. The van der Waals surface area contributed by atoms with Crippen molar-refractivity contribution in [3.63, 3.8) is 0 Å². The summed E-state index contributed by atoms with van der Waals surface area (Å²) in [5.74, 6) is 0.868. The molecule has 0 saturated carbocycles. The van der Waals surface area contributed by atoms with Gasteiger partial charge in [-0.25, -0.2) is 4.39 Å². The van der Waals surface area contributed by atoms with Crippen molar-refractivity contribution in [1.82, 2.24) is 4.90 Å². The molecule has 20 heavy (non-hydrogen) atoms. The molecule has 0 bridgehead atoms. The standard InChI is InChI=1S/C16H20FNO2/c1-18(16(19)12-13-4-2-3-5-13)10-11-20-15-8-6-14(17)7-9-15/h2,4,6-9,13H,3,5,10-12H2,1H3. The topological polar surface area (TPSA) is 29.5 Å². The van der Waals surface area contributed by atoms with Gasteiger partial charge in [-0.1, -0.05) is 12.2 Å². The number of rotatable bonds is 6. The van der Waals surface area contributed by atoms with Gasteiger partial charge in [0.2, 0.25) is 5.91 Å². The Bertz CT molecular complexity index is 470. The van der Waals surface area contributed by atoms with Crippen LogP contribution in [0.4, 0.5) is 4.39 Å². The zero-order valence-electron chi connectivity index (χ0n) is 11.7. The number of halogens is 1. The Morgan fingerprint density at radius 1 is 1.40 bits per heavy atom. The van der Waals surface area contributed by atoms with E-state index < -0.39 is 0 Å². The Morgan fingerprint density at radius 3 is 2.80 bits per heavy atom. The molecule has 0 saturated heterocycles. The first-order valence-corrected chi connectivity index (χ1v) is 6.94. The van der Waals surface area contributed by atoms with Crippen LogP contribution in [0, 0.1) is 11.7 Å². The summed E-state index contributed by atoms with van der Waals surface area (Å²) in [5, 5.41) is 0. The van der Waals surface area contributed by atoms with Crippen LogP contribution in [-0.4, -0.2) is 31.0 Å². The Hall–Kier alpha value is -1.84. The highest BCUT2D eigenvalue weighted by Crippen LogP contribution is 2.20. The lowest BCUT2D eigenvalue weighted by Gasteiger charge is -2.19. The molecule has 4 heteroatoms. The summed E-state index contributed by atoms with van der Waals surface area (Å²) in [4.78, 5) is 13.7. The van der Waals surface area contributed by atoms with E-state index in [4.69, 9.17) is 4.74 Å². The maximum absolute atomic E-state index is 12.7. The van der Waals surface area contributed by atoms with Crippen LogP contribution in [0.2, 0.25) is 0 Å². The second kappa shape index (κ2) is 7.08. The molecule has 0 aliphatic heterocycles. The van der Waals surface area contributed by atoms with Gasteiger partial charge >= 0.3 is 0 Å². The second-order valence-electron chi connectivity index (χ2n) is 5.09. The molecule has 3 nitrogen and oxygen atoms in total. The fraction of sp³-hybridized carbons (Fsp3) is 0.438. The Kier molecular flexibility index (Phi) is 5.16. The molecular weight excluding hydrogens is 257 g/mol. The fourth-order valence-corrected chi connectivity index (χ4v) is 2.20. The van der Waals surface area contributed by atoms with Crippen LogP contribution < -0.4 is 4.74 Å². The van der Waals surface area contributed by atoms with E-state index in [2.05, 4.69) is 12.2 Å². The quantitative estimate of drug-likeness (QED) is 0.748. The number of carbonyl (C=O) groups excluding carboxylic acids is 1. The zero-order valence-corrected chi connectivity index (χ0v) is 11.7. The van der Waals surface area contributed by atoms with Crippen molar-refractivity contribution in [2.75, 3.05) is 20.2 Å². The van der Waals surface area contributed by atoms with Crippen molar-refractivity contribution in [3.05, 3.63) is 42.2 Å². The molecule has 1 unspecified atom stereocenters. The highest BCUT2D eigenvalue weighted by atomic mass is 19.1. The SMILES string of the molecule is CN(CCOc1ccc(F)cc1)C(=O)CC1C=CCC1. The summed E-state index contributed by atoms with van der Waals surface area (Å²) >= 11 is 0. The number of ether oxygens (including phenoxy) is 1. The van der Waals surface area contributed by atoms with Crippen LogP contribution in [0.5, 0.6) is 5.75 Å². The Labute approximate surface area is 119 Å². The van der Waals surface area contributed by atoms with Crippen LogP contribution in [0.3, 0.4) is 0 Å². The molecule has 1 aliphatic carbocycles. The molecule has 0 spiro atoms. The van der Waals surface area contributed by atoms with Crippen LogP contribution in [0.1, 0.15) is 19.3 Å². The summed E-state index contributed by atoms with van der Waals surface area (Å²) in [6, 6.07) is 5.88. The van der Waals surface area contributed by atoms with Crippen LogP contribution in [-0.2, 0) is 4.79 Å². The molecule has 1 aromatic carbocycles. The average molecular weight is 277 g/mol. The third kappa shape index (κ3) is 4.37. The minimum atomic E-state index is -0.283. The molecule has 1 atom stereocenters. The summed E-state index contributed by atoms with van der Waals surface area (Å²) in [5.41, 5.74) is 0. The summed E-state index contributed by atoms with van der Waals surface area (Å²) < 4.78 is 18.2. The van der Waals surface area contributed by atoms with Gasteiger partial charge in [-0.05, 0) is 43.0 Å². The van der Waals surface area contributed by atoms with Crippen LogP contribution in [0.25, 0.3) is 0 Å². The molecular formula is C16H20FNO2. The summed E-state index contributed by atoms with van der Waals surface area (Å²) in [7, 11) is 1.79. The molecule has 0 fully saturated rings. The zero-order chi connectivity index (χ0) is 14.4. The van der Waals surface area contributed by atoms with Crippen LogP contribution in [0.15, 0.2) is 36.4 Å². The number of allylic oxidation sites excluding steroid dienone is 2. The van der Waals surface area contributed by atoms with E-state index in [1.165, 1.54) is 12.1 Å². The first-order chi connectivity index (χ1) is 9.65. The normalized spacial score (nSPS) is 17.2. The molecule has 2 rings (SSSR count). The van der Waals surface area contributed by atoms with E-state index >= 15 is 0 Å². The van der Waals surface area contributed by atoms with Gasteiger partial charge < -0.3 is 9.64 Å². The van der Waals surface area contributed by atoms with Crippen LogP contribution >= 0.6 is 0 Å². The third-order valence-corrected chi connectivity index (χ3v) is 3.48. The minimum Gasteiger partial charge on any atom is -0.492 e.